The van der Waals surface area contributed by atoms with Gasteiger partial charge in [0.25, 0.3) is 0 Å². The normalized spacial score (nSPS) is 18.3. The lowest BCUT2D eigenvalue weighted by molar-refractivity contribution is -0.122. The third-order valence-corrected chi connectivity index (χ3v) is 5.63. The van der Waals surface area contributed by atoms with Crippen LogP contribution >= 0.6 is 0 Å². The van der Waals surface area contributed by atoms with Crippen LogP contribution in [0.15, 0.2) is 33.7 Å². The van der Waals surface area contributed by atoms with Gasteiger partial charge >= 0.3 is 0 Å². The first-order valence-electron chi connectivity index (χ1n) is 10.7. The molecule has 1 aromatic carbocycles. The Hall–Kier alpha value is -2.54. The molecule has 1 saturated carbocycles. The number of rotatable bonds is 6. The molecule has 2 N–H and O–H groups in total. The first kappa shape index (κ1) is 19.8. The van der Waals surface area contributed by atoms with Crippen LogP contribution in [0.1, 0.15) is 31.1 Å². The number of aryl methyl sites for hydroxylation is 1. The van der Waals surface area contributed by atoms with Crippen molar-refractivity contribution in [3.63, 3.8) is 0 Å². The van der Waals surface area contributed by atoms with Gasteiger partial charge < -0.3 is 20.0 Å². The summed E-state index contributed by atoms with van der Waals surface area (Å²) in [7, 11) is 0. The molecule has 0 spiro atoms. The number of benzene rings is 1. The number of carbonyl (C=O) groups is 1. The Bertz CT molecular complexity index is 878. The number of guanidine groups is 1. The maximum atomic E-state index is 12.0. The van der Waals surface area contributed by atoms with Crippen molar-refractivity contribution >= 4 is 22.8 Å². The summed E-state index contributed by atoms with van der Waals surface area (Å²) < 4.78 is 6.01. The molecule has 2 aromatic rings. The number of fused-ring (bicyclic) bond motifs is 1. The van der Waals surface area contributed by atoms with Gasteiger partial charge in [0.1, 0.15) is 17.9 Å². The molecule has 7 nitrogen and oxygen atoms in total. The van der Waals surface area contributed by atoms with Crippen LogP contribution in [0.5, 0.6) is 0 Å². The maximum absolute atomic E-state index is 12.0. The van der Waals surface area contributed by atoms with E-state index in [0.717, 1.165) is 73.8 Å². The van der Waals surface area contributed by atoms with Crippen LogP contribution in [0.25, 0.3) is 11.0 Å². The topological polar surface area (TPSA) is 73.1 Å². The van der Waals surface area contributed by atoms with Gasteiger partial charge in [0.15, 0.2) is 5.96 Å². The molecule has 1 aliphatic carbocycles. The highest BCUT2D eigenvalue weighted by Crippen LogP contribution is 2.25. The van der Waals surface area contributed by atoms with Crippen molar-refractivity contribution in [3.8, 4) is 0 Å². The van der Waals surface area contributed by atoms with Gasteiger partial charge in [0.05, 0.1) is 6.54 Å². The van der Waals surface area contributed by atoms with E-state index in [2.05, 4.69) is 40.3 Å². The fourth-order valence-corrected chi connectivity index (χ4v) is 3.77. The number of furan rings is 1. The summed E-state index contributed by atoms with van der Waals surface area (Å²) in [5.74, 6) is 1.98. The quantitative estimate of drug-likeness (QED) is 0.577. The number of hydrogen-bond donors (Lipinski definition) is 2. The van der Waals surface area contributed by atoms with Gasteiger partial charge in [-0.2, -0.15) is 0 Å². The number of hydrogen-bond acceptors (Lipinski definition) is 4. The van der Waals surface area contributed by atoms with Gasteiger partial charge in [-0.05, 0) is 32.8 Å². The first-order chi connectivity index (χ1) is 14.1. The molecule has 2 heterocycles. The minimum Gasteiger partial charge on any atom is -0.459 e. The minimum absolute atomic E-state index is 0.155. The molecule has 7 heteroatoms. The van der Waals surface area contributed by atoms with Gasteiger partial charge in [-0.1, -0.05) is 18.2 Å². The highest BCUT2D eigenvalue weighted by molar-refractivity contribution is 5.83. The second-order valence-corrected chi connectivity index (χ2v) is 7.92. The smallest absolute Gasteiger partial charge is 0.234 e. The van der Waals surface area contributed by atoms with Crippen molar-refractivity contribution in [2.75, 3.05) is 39.3 Å². The SMILES string of the molecule is CCNC(=NCc1oc2ccccc2c1C)N1CCN(CC(=O)NC2CC2)CC1. The largest absolute Gasteiger partial charge is 0.459 e. The zero-order valence-corrected chi connectivity index (χ0v) is 17.4. The van der Waals surface area contributed by atoms with E-state index in [9.17, 15) is 4.79 Å². The number of nitrogens with zero attached hydrogens (tertiary/aromatic N) is 3. The molecule has 4 rings (SSSR count). The Kier molecular flexibility index (Phi) is 6.04. The zero-order chi connectivity index (χ0) is 20.2. The number of amides is 1. The van der Waals surface area contributed by atoms with Crippen LogP contribution in [0.2, 0.25) is 0 Å². The molecule has 1 saturated heterocycles. The lowest BCUT2D eigenvalue weighted by Crippen LogP contribution is -2.54. The lowest BCUT2D eigenvalue weighted by atomic mass is 10.1. The Labute approximate surface area is 172 Å². The predicted molar refractivity (Wildman–Crippen MR) is 115 cm³/mol. The van der Waals surface area contributed by atoms with Gasteiger partial charge in [-0.3, -0.25) is 9.69 Å². The van der Waals surface area contributed by atoms with E-state index in [1.54, 1.807) is 0 Å². The van der Waals surface area contributed by atoms with Crippen molar-refractivity contribution in [1.82, 2.24) is 20.4 Å². The molecule has 29 heavy (non-hydrogen) atoms. The van der Waals surface area contributed by atoms with Gasteiger partial charge in [0.2, 0.25) is 5.91 Å². The summed E-state index contributed by atoms with van der Waals surface area (Å²) in [4.78, 5) is 21.4. The molecular weight excluding hydrogens is 366 g/mol. The highest BCUT2D eigenvalue weighted by atomic mass is 16.3. The monoisotopic (exact) mass is 397 g/mol. The number of piperazine rings is 1. The van der Waals surface area contributed by atoms with Crippen LogP contribution < -0.4 is 10.6 Å². The van der Waals surface area contributed by atoms with E-state index in [0.29, 0.717) is 19.1 Å². The van der Waals surface area contributed by atoms with Crippen molar-refractivity contribution < 1.29 is 9.21 Å². The molecule has 156 valence electrons. The fourth-order valence-electron chi connectivity index (χ4n) is 3.77. The first-order valence-corrected chi connectivity index (χ1v) is 10.7. The molecule has 0 atom stereocenters. The van der Waals surface area contributed by atoms with Crippen LogP contribution in [0.4, 0.5) is 0 Å². The van der Waals surface area contributed by atoms with E-state index in [4.69, 9.17) is 9.41 Å². The third-order valence-electron chi connectivity index (χ3n) is 5.63. The van der Waals surface area contributed by atoms with E-state index < -0.39 is 0 Å². The predicted octanol–water partition coefficient (Wildman–Crippen LogP) is 2.10. The average Bonchev–Trinajstić information content (AvgIpc) is 3.48. The molecule has 0 bridgehead atoms. The zero-order valence-electron chi connectivity index (χ0n) is 17.4. The van der Waals surface area contributed by atoms with Crippen LogP contribution in [0.3, 0.4) is 0 Å². The molecular formula is C22H31N5O2. The fraction of sp³-hybridized carbons (Fsp3) is 0.545. The van der Waals surface area contributed by atoms with Crippen molar-refractivity contribution in [2.45, 2.75) is 39.3 Å². The van der Waals surface area contributed by atoms with E-state index in [1.807, 2.05) is 18.2 Å². The number of para-hydroxylation sites is 1. The summed E-state index contributed by atoms with van der Waals surface area (Å²) >= 11 is 0. The molecule has 0 unspecified atom stereocenters. The summed E-state index contributed by atoms with van der Waals surface area (Å²) in [5.41, 5.74) is 2.07. The Morgan fingerprint density at radius 3 is 2.66 bits per heavy atom. The second kappa shape index (κ2) is 8.86. The van der Waals surface area contributed by atoms with Gasteiger partial charge in [0, 0.05) is 49.7 Å². The maximum Gasteiger partial charge on any atom is 0.234 e. The molecule has 1 aromatic heterocycles. The van der Waals surface area contributed by atoms with Crippen molar-refractivity contribution in [2.24, 2.45) is 4.99 Å². The van der Waals surface area contributed by atoms with E-state index in [-0.39, 0.29) is 5.91 Å². The Balaban J connectivity index is 1.35. The molecule has 1 aliphatic heterocycles. The molecule has 2 fully saturated rings. The van der Waals surface area contributed by atoms with Crippen LogP contribution in [-0.4, -0.2) is 67.0 Å². The molecule has 1 amide bonds. The Morgan fingerprint density at radius 1 is 1.21 bits per heavy atom. The number of aliphatic imine (C=N–C) groups is 1. The minimum atomic E-state index is 0.155. The lowest BCUT2D eigenvalue weighted by Gasteiger charge is -2.36. The van der Waals surface area contributed by atoms with Crippen molar-refractivity contribution in [3.05, 3.63) is 35.6 Å². The van der Waals surface area contributed by atoms with Gasteiger partial charge in [-0.15, -0.1) is 0 Å². The summed E-state index contributed by atoms with van der Waals surface area (Å²) in [6.45, 7) is 9.47. The van der Waals surface area contributed by atoms with E-state index >= 15 is 0 Å². The number of nitrogens with one attached hydrogen (secondary N) is 2. The summed E-state index contributed by atoms with van der Waals surface area (Å²) in [5, 5.41) is 7.63. The standard InChI is InChI=1S/C22H31N5O2/c1-3-23-22(24-14-20-16(2)18-6-4-5-7-19(18)29-20)27-12-10-26(11-13-27)15-21(28)25-17-8-9-17/h4-7,17H,3,8-15H2,1-2H3,(H,23,24)(H,25,28). The van der Waals surface area contributed by atoms with Crippen LogP contribution in [0, 0.1) is 6.92 Å². The molecule has 2 aliphatic rings. The third kappa shape index (κ3) is 4.90. The summed E-state index contributed by atoms with van der Waals surface area (Å²) in [6, 6.07) is 8.54. The average molecular weight is 398 g/mol. The Morgan fingerprint density at radius 2 is 1.97 bits per heavy atom. The summed E-state index contributed by atoms with van der Waals surface area (Å²) in [6.07, 6.45) is 2.26. The van der Waals surface area contributed by atoms with E-state index in [1.165, 1.54) is 0 Å². The highest BCUT2D eigenvalue weighted by Gasteiger charge is 2.26. The molecule has 0 radical (unpaired) electrons. The second-order valence-electron chi connectivity index (χ2n) is 7.92. The number of carbonyl (C=O) groups excluding carboxylic acids is 1. The van der Waals surface area contributed by atoms with Crippen molar-refractivity contribution in [1.29, 1.82) is 0 Å². The van der Waals surface area contributed by atoms with Gasteiger partial charge in [-0.25, -0.2) is 4.99 Å². The van der Waals surface area contributed by atoms with Crippen LogP contribution in [-0.2, 0) is 11.3 Å².